The second kappa shape index (κ2) is 12.0. The second-order valence-corrected chi connectivity index (χ2v) is 11.7. The lowest BCUT2D eigenvalue weighted by Crippen LogP contribution is -2.55. The van der Waals surface area contributed by atoms with Gasteiger partial charge in [0.05, 0.1) is 22.0 Å². The molecule has 2 aromatic carbocycles. The molecule has 0 bridgehead atoms. The van der Waals surface area contributed by atoms with Gasteiger partial charge in [0.1, 0.15) is 11.0 Å². The molecule has 2 N–H and O–H groups in total. The average Bonchev–Trinajstić information content (AvgIpc) is 2.89. The van der Waals surface area contributed by atoms with Crippen LogP contribution in [0.2, 0.25) is 10.2 Å². The SMILES string of the molecule is CC(C)c1ccccc1NS(=O)(=O)N=C(c1cc(Cl)c(-c2ccccc2F)nc1Cl)N1CCN(C(=O)O)CC1C. The van der Waals surface area contributed by atoms with Gasteiger partial charge in [0.25, 0.3) is 0 Å². The van der Waals surface area contributed by atoms with Crippen LogP contribution in [0.1, 0.15) is 37.8 Å². The summed E-state index contributed by atoms with van der Waals surface area (Å²) in [6, 6.07) is 13.8. The Balaban J connectivity index is 1.83. The van der Waals surface area contributed by atoms with Crippen LogP contribution in [0, 0.1) is 5.82 Å². The highest BCUT2D eigenvalue weighted by molar-refractivity contribution is 7.91. The lowest BCUT2D eigenvalue weighted by Gasteiger charge is -2.40. The number of hydrogen-bond acceptors (Lipinski definition) is 4. The molecule has 1 aliphatic rings. The number of halogens is 3. The van der Waals surface area contributed by atoms with E-state index in [-0.39, 0.29) is 58.4 Å². The minimum Gasteiger partial charge on any atom is -0.465 e. The predicted octanol–water partition coefficient (Wildman–Crippen LogP) is 6.11. The third-order valence-corrected chi connectivity index (χ3v) is 7.97. The van der Waals surface area contributed by atoms with Gasteiger partial charge in [0.15, 0.2) is 5.84 Å². The maximum atomic E-state index is 14.5. The summed E-state index contributed by atoms with van der Waals surface area (Å²) in [5.74, 6) is -0.579. The summed E-state index contributed by atoms with van der Waals surface area (Å²) in [4.78, 5) is 18.7. The molecule has 3 aromatic rings. The molecule has 0 saturated carbocycles. The number of para-hydroxylation sites is 1. The van der Waals surface area contributed by atoms with Gasteiger partial charge >= 0.3 is 16.3 Å². The van der Waals surface area contributed by atoms with Gasteiger partial charge in [0, 0.05) is 31.2 Å². The first kappa shape index (κ1) is 29.6. The van der Waals surface area contributed by atoms with Crippen LogP contribution in [0.4, 0.5) is 14.9 Å². The molecule has 1 atom stereocenters. The zero-order chi connectivity index (χ0) is 29.2. The topological polar surface area (TPSA) is 115 Å². The first-order chi connectivity index (χ1) is 18.9. The third-order valence-electron chi connectivity index (χ3n) is 6.50. The molecule has 9 nitrogen and oxygen atoms in total. The van der Waals surface area contributed by atoms with Crippen molar-refractivity contribution in [2.45, 2.75) is 32.7 Å². The monoisotopic (exact) mass is 607 g/mol. The number of benzene rings is 2. The molecule has 1 fully saturated rings. The summed E-state index contributed by atoms with van der Waals surface area (Å²) in [7, 11) is -4.36. The zero-order valence-electron chi connectivity index (χ0n) is 22.0. The Labute approximate surface area is 242 Å². The van der Waals surface area contributed by atoms with Crippen molar-refractivity contribution in [3.8, 4) is 11.3 Å². The lowest BCUT2D eigenvalue weighted by atomic mass is 10.0. The molecule has 2 heterocycles. The van der Waals surface area contributed by atoms with E-state index in [0.717, 1.165) is 5.56 Å². The summed E-state index contributed by atoms with van der Waals surface area (Å²) in [5, 5.41) is 9.34. The highest BCUT2D eigenvalue weighted by Crippen LogP contribution is 2.33. The summed E-state index contributed by atoms with van der Waals surface area (Å²) in [5.41, 5.74) is 1.47. The summed E-state index contributed by atoms with van der Waals surface area (Å²) in [6.07, 6.45) is -1.08. The highest BCUT2D eigenvalue weighted by Gasteiger charge is 2.32. The Kier molecular flexibility index (Phi) is 8.86. The molecule has 1 amide bonds. The van der Waals surface area contributed by atoms with Crippen molar-refractivity contribution >= 4 is 51.0 Å². The van der Waals surface area contributed by atoms with Gasteiger partial charge < -0.3 is 14.9 Å². The molecule has 212 valence electrons. The van der Waals surface area contributed by atoms with Gasteiger partial charge in [-0.15, -0.1) is 4.40 Å². The number of carboxylic acid groups (broad SMARTS) is 1. The number of pyridine rings is 1. The van der Waals surface area contributed by atoms with Crippen LogP contribution in [-0.2, 0) is 10.2 Å². The molecular weight excluding hydrogens is 580 g/mol. The molecule has 1 saturated heterocycles. The molecule has 1 unspecified atom stereocenters. The van der Waals surface area contributed by atoms with Gasteiger partial charge in [-0.3, -0.25) is 4.72 Å². The summed E-state index contributed by atoms with van der Waals surface area (Å²) < 4.78 is 48.0. The fourth-order valence-corrected chi connectivity index (χ4v) is 5.95. The summed E-state index contributed by atoms with van der Waals surface area (Å²) >= 11 is 13.1. The predicted molar refractivity (Wildman–Crippen MR) is 155 cm³/mol. The van der Waals surface area contributed by atoms with Crippen molar-refractivity contribution in [2.24, 2.45) is 4.40 Å². The van der Waals surface area contributed by atoms with Crippen molar-refractivity contribution in [1.82, 2.24) is 14.8 Å². The minimum absolute atomic E-state index is 0.0320. The molecule has 0 aliphatic carbocycles. The number of carbonyl (C=O) groups is 1. The van der Waals surface area contributed by atoms with Crippen molar-refractivity contribution in [3.05, 3.63) is 81.7 Å². The van der Waals surface area contributed by atoms with E-state index >= 15 is 0 Å². The van der Waals surface area contributed by atoms with Crippen LogP contribution >= 0.6 is 23.2 Å². The van der Waals surface area contributed by atoms with E-state index in [1.54, 1.807) is 30.0 Å². The van der Waals surface area contributed by atoms with E-state index in [1.807, 2.05) is 26.0 Å². The standard InChI is InChI=1S/C27H28Cl2FN5O4S/c1-16(2)18-8-5-7-11-23(18)32-40(38,39)33-26(35-13-12-34(27(36)37)15-17(35)3)20-14-21(28)24(31-25(20)29)19-9-4-6-10-22(19)30/h4-11,14,16-17,32H,12-13,15H2,1-3H3,(H,36,37). The van der Waals surface area contributed by atoms with Crippen LogP contribution in [0.3, 0.4) is 0 Å². The van der Waals surface area contributed by atoms with Gasteiger partial charge in [-0.2, -0.15) is 8.42 Å². The number of amides is 1. The maximum absolute atomic E-state index is 14.5. The molecule has 1 aliphatic heterocycles. The molecular formula is C27H28Cl2FN5O4S. The van der Waals surface area contributed by atoms with E-state index in [4.69, 9.17) is 23.2 Å². The normalized spacial score (nSPS) is 16.4. The second-order valence-electron chi connectivity index (χ2n) is 9.64. The average molecular weight is 609 g/mol. The van der Waals surface area contributed by atoms with E-state index in [0.29, 0.717) is 5.69 Å². The number of nitrogens with zero attached hydrogens (tertiary/aromatic N) is 4. The quantitative estimate of drug-likeness (QED) is 0.198. The van der Waals surface area contributed by atoms with Gasteiger partial charge in [-0.1, -0.05) is 67.4 Å². The first-order valence-corrected chi connectivity index (χ1v) is 14.6. The third kappa shape index (κ3) is 6.48. The van der Waals surface area contributed by atoms with E-state index < -0.39 is 28.2 Å². The molecule has 1 aromatic heterocycles. The number of rotatable bonds is 6. The van der Waals surface area contributed by atoms with E-state index in [9.17, 15) is 22.7 Å². The van der Waals surface area contributed by atoms with Crippen molar-refractivity contribution in [3.63, 3.8) is 0 Å². The molecule has 13 heteroatoms. The van der Waals surface area contributed by atoms with Crippen molar-refractivity contribution in [2.75, 3.05) is 24.4 Å². The fourth-order valence-electron chi connectivity index (χ4n) is 4.54. The number of hydrogen-bond donors (Lipinski definition) is 2. The van der Waals surface area contributed by atoms with Crippen molar-refractivity contribution in [1.29, 1.82) is 0 Å². The number of aromatic nitrogens is 1. The number of anilines is 1. The fraction of sp³-hybridized carbons (Fsp3) is 0.296. The lowest BCUT2D eigenvalue weighted by molar-refractivity contribution is 0.106. The number of nitrogens with one attached hydrogen (secondary N) is 1. The largest absolute Gasteiger partial charge is 0.465 e. The van der Waals surface area contributed by atoms with Crippen LogP contribution < -0.4 is 4.72 Å². The first-order valence-electron chi connectivity index (χ1n) is 12.5. The van der Waals surface area contributed by atoms with Crippen molar-refractivity contribution < 1.29 is 22.7 Å². The molecule has 4 rings (SSSR count). The maximum Gasteiger partial charge on any atom is 0.407 e. The van der Waals surface area contributed by atoms with Gasteiger partial charge in [-0.25, -0.2) is 14.2 Å². The summed E-state index contributed by atoms with van der Waals surface area (Å²) in [6.45, 7) is 5.97. The Morgan fingerprint density at radius 1 is 1.15 bits per heavy atom. The van der Waals surface area contributed by atoms with Crippen LogP contribution in [0.15, 0.2) is 59.0 Å². The molecule has 0 spiro atoms. The van der Waals surface area contributed by atoms with Crippen LogP contribution in [-0.4, -0.2) is 65.9 Å². The Morgan fingerprint density at radius 3 is 2.48 bits per heavy atom. The van der Waals surface area contributed by atoms with E-state index in [2.05, 4.69) is 14.1 Å². The smallest absolute Gasteiger partial charge is 0.407 e. The molecule has 0 radical (unpaired) electrons. The zero-order valence-corrected chi connectivity index (χ0v) is 24.3. The number of amidine groups is 1. The highest BCUT2D eigenvalue weighted by atomic mass is 35.5. The Bertz CT molecular complexity index is 1570. The molecule has 40 heavy (non-hydrogen) atoms. The minimum atomic E-state index is -4.36. The van der Waals surface area contributed by atoms with Gasteiger partial charge in [-0.05, 0) is 42.7 Å². The van der Waals surface area contributed by atoms with Crippen LogP contribution in [0.5, 0.6) is 0 Å². The Hall–Kier alpha value is -3.41. The van der Waals surface area contributed by atoms with Crippen LogP contribution in [0.25, 0.3) is 11.3 Å². The van der Waals surface area contributed by atoms with E-state index in [1.165, 1.54) is 29.2 Å². The number of piperazine rings is 1. The van der Waals surface area contributed by atoms with Gasteiger partial charge in [0.2, 0.25) is 0 Å². The Morgan fingerprint density at radius 2 is 1.82 bits per heavy atom.